The Morgan fingerprint density at radius 3 is 2.52 bits per heavy atom. The number of thioether (sulfide) groups is 1. The molecule has 0 saturated heterocycles. The maximum absolute atomic E-state index is 12.4. The molecule has 0 aliphatic carbocycles. The number of carbonyl (C=O) groups is 1. The molecule has 0 saturated carbocycles. The first kappa shape index (κ1) is 24.5. The number of methoxy groups -OCH3 is 1. The summed E-state index contributed by atoms with van der Waals surface area (Å²) in [6.07, 6.45) is 0. The summed E-state index contributed by atoms with van der Waals surface area (Å²) in [6.45, 7) is 11.2. The van der Waals surface area contributed by atoms with Crippen molar-refractivity contribution in [3.05, 3.63) is 59.7 Å². The molecule has 8 heteroatoms. The molecular formula is C25H31N5O2S. The summed E-state index contributed by atoms with van der Waals surface area (Å²) in [6, 6.07) is 16.0. The molecule has 3 rings (SSSR count). The van der Waals surface area contributed by atoms with Gasteiger partial charge in [0.2, 0.25) is 0 Å². The van der Waals surface area contributed by atoms with Crippen LogP contribution in [0, 0.1) is 0 Å². The second-order valence-corrected chi connectivity index (χ2v) is 9.57. The van der Waals surface area contributed by atoms with Crippen molar-refractivity contribution in [1.29, 1.82) is 0 Å². The molecule has 0 aliphatic rings. The standard InChI is InChI=1S/C25H31N5O2S/c1-7-30-23(18-11-13-20(14-12-18)25(3,4)5)28-29-24(30)33-16-22(31)27-26-17(2)19-9-8-10-21(15-19)32-6/h8-15H,7,16H2,1-6H3,(H,27,31). The van der Waals surface area contributed by atoms with Crippen LogP contribution in [0.25, 0.3) is 11.4 Å². The molecule has 33 heavy (non-hydrogen) atoms. The molecule has 1 N–H and O–H groups in total. The predicted molar refractivity (Wildman–Crippen MR) is 134 cm³/mol. The summed E-state index contributed by atoms with van der Waals surface area (Å²) in [5.41, 5.74) is 6.57. The second kappa shape index (κ2) is 10.7. The minimum Gasteiger partial charge on any atom is -0.497 e. The monoisotopic (exact) mass is 465 g/mol. The van der Waals surface area contributed by atoms with Crippen LogP contribution >= 0.6 is 11.8 Å². The fourth-order valence-corrected chi connectivity index (χ4v) is 4.03. The van der Waals surface area contributed by atoms with E-state index in [4.69, 9.17) is 4.74 Å². The van der Waals surface area contributed by atoms with E-state index in [1.807, 2.05) is 42.7 Å². The summed E-state index contributed by atoms with van der Waals surface area (Å²) >= 11 is 1.34. The van der Waals surface area contributed by atoms with Gasteiger partial charge < -0.3 is 9.30 Å². The van der Waals surface area contributed by atoms with Gasteiger partial charge in [-0.05, 0) is 37.0 Å². The van der Waals surface area contributed by atoms with E-state index in [2.05, 4.69) is 65.8 Å². The number of ether oxygens (including phenoxy) is 1. The van der Waals surface area contributed by atoms with Crippen molar-refractivity contribution in [1.82, 2.24) is 20.2 Å². The lowest BCUT2D eigenvalue weighted by atomic mass is 9.87. The van der Waals surface area contributed by atoms with Crippen LogP contribution in [0.4, 0.5) is 0 Å². The van der Waals surface area contributed by atoms with E-state index in [0.717, 1.165) is 22.7 Å². The van der Waals surface area contributed by atoms with E-state index >= 15 is 0 Å². The molecule has 7 nitrogen and oxygen atoms in total. The zero-order valence-electron chi connectivity index (χ0n) is 20.0. The van der Waals surface area contributed by atoms with Gasteiger partial charge in [0.1, 0.15) is 5.75 Å². The summed E-state index contributed by atoms with van der Waals surface area (Å²) < 4.78 is 7.26. The van der Waals surface area contributed by atoms with Crippen molar-refractivity contribution in [2.24, 2.45) is 5.10 Å². The fraction of sp³-hybridized carbons (Fsp3) is 0.360. The summed E-state index contributed by atoms with van der Waals surface area (Å²) in [5, 5.41) is 13.6. The van der Waals surface area contributed by atoms with Gasteiger partial charge >= 0.3 is 0 Å². The molecule has 0 atom stereocenters. The number of nitrogens with one attached hydrogen (secondary N) is 1. The molecule has 0 aliphatic heterocycles. The first-order valence-corrected chi connectivity index (χ1v) is 11.9. The molecule has 0 spiro atoms. The molecule has 2 aromatic carbocycles. The molecule has 174 valence electrons. The van der Waals surface area contributed by atoms with Gasteiger partial charge in [-0.15, -0.1) is 10.2 Å². The van der Waals surface area contributed by atoms with Gasteiger partial charge in [0, 0.05) is 17.7 Å². The Balaban J connectivity index is 1.64. The van der Waals surface area contributed by atoms with Crippen molar-refractivity contribution in [3.63, 3.8) is 0 Å². The van der Waals surface area contributed by atoms with Crippen LogP contribution in [-0.4, -0.2) is 39.2 Å². The molecule has 3 aromatic rings. The van der Waals surface area contributed by atoms with Crippen LogP contribution in [0.1, 0.15) is 45.7 Å². The van der Waals surface area contributed by atoms with E-state index in [-0.39, 0.29) is 17.1 Å². The molecule has 1 aromatic heterocycles. The lowest BCUT2D eigenvalue weighted by molar-refractivity contribution is -0.118. The number of hydrazone groups is 1. The highest BCUT2D eigenvalue weighted by Crippen LogP contribution is 2.27. The maximum Gasteiger partial charge on any atom is 0.250 e. The van der Waals surface area contributed by atoms with Gasteiger partial charge in [-0.2, -0.15) is 5.10 Å². The van der Waals surface area contributed by atoms with E-state index < -0.39 is 0 Å². The molecule has 0 unspecified atom stereocenters. The first-order valence-electron chi connectivity index (χ1n) is 10.9. The van der Waals surface area contributed by atoms with Crippen molar-refractivity contribution in [3.8, 4) is 17.1 Å². The molecule has 1 amide bonds. The topological polar surface area (TPSA) is 81.4 Å². The van der Waals surface area contributed by atoms with Gasteiger partial charge in [-0.1, -0.05) is 68.9 Å². The summed E-state index contributed by atoms with van der Waals surface area (Å²) in [5.74, 6) is 1.53. The maximum atomic E-state index is 12.4. The van der Waals surface area contributed by atoms with Crippen molar-refractivity contribution in [2.75, 3.05) is 12.9 Å². The number of hydrogen-bond acceptors (Lipinski definition) is 6. The third kappa shape index (κ3) is 6.22. The Kier molecular flexibility index (Phi) is 7.92. The van der Waals surface area contributed by atoms with Crippen LogP contribution in [0.3, 0.4) is 0 Å². The third-order valence-corrected chi connectivity index (χ3v) is 6.18. The van der Waals surface area contributed by atoms with Crippen LogP contribution in [0.5, 0.6) is 5.75 Å². The SMILES string of the molecule is CCn1c(SCC(=O)NN=C(C)c2cccc(OC)c2)nnc1-c1ccc(C(C)(C)C)cc1. The number of aromatic nitrogens is 3. The van der Waals surface area contributed by atoms with Crippen LogP contribution < -0.4 is 10.2 Å². The minimum absolute atomic E-state index is 0.0960. The van der Waals surface area contributed by atoms with Gasteiger partial charge in [-0.25, -0.2) is 5.43 Å². The van der Waals surface area contributed by atoms with E-state index in [1.165, 1.54) is 17.3 Å². The largest absolute Gasteiger partial charge is 0.497 e. The van der Waals surface area contributed by atoms with Crippen molar-refractivity contribution < 1.29 is 9.53 Å². The van der Waals surface area contributed by atoms with E-state index in [0.29, 0.717) is 17.4 Å². The molecule has 1 heterocycles. The van der Waals surface area contributed by atoms with E-state index in [1.54, 1.807) is 7.11 Å². The quantitative estimate of drug-likeness (QED) is 0.291. The highest BCUT2D eigenvalue weighted by atomic mass is 32.2. The van der Waals surface area contributed by atoms with Crippen molar-refractivity contribution in [2.45, 2.75) is 51.7 Å². The number of rotatable bonds is 8. The number of carbonyl (C=O) groups excluding carboxylic acids is 1. The average Bonchev–Trinajstić information content (AvgIpc) is 3.23. The average molecular weight is 466 g/mol. The van der Waals surface area contributed by atoms with Crippen molar-refractivity contribution >= 4 is 23.4 Å². The zero-order chi connectivity index (χ0) is 24.0. The molecular weight excluding hydrogens is 434 g/mol. The highest BCUT2D eigenvalue weighted by Gasteiger charge is 2.17. The molecule has 0 fully saturated rings. The lowest BCUT2D eigenvalue weighted by Gasteiger charge is -2.19. The second-order valence-electron chi connectivity index (χ2n) is 8.63. The van der Waals surface area contributed by atoms with Gasteiger partial charge in [-0.3, -0.25) is 4.79 Å². The number of amides is 1. The Labute approximate surface area is 199 Å². The normalized spacial score (nSPS) is 12.0. The van der Waals surface area contributed by atoms with Crippen LogP contribution in [0.2, 0.25) is 0 Å². The van der Waals surface area contributed by atoms with Crippen LogP contribution in [0.15, 0.2) is 58.8 Å². The molecule has 0 bridgehead atoms. The Hall–Kier alpha value is -3.13. The highest BCUT2D eigenvalue weighted by molar-refractivity contribution is 7.99. The zero-order valence-corrected chi connectivity index (χ0v) is 20.9. The number of benzene rings is 2. The predicted octanol–water partition coefficient (Wildman–Crippen LogP) is 4.90. The lowest BCUT2D eigenvalue weighted by Crippen LogP contribution is -2.21. The fourth-order valence-electron chi connectivity index (χ4n) is 3.23. The summed E-state index contributed by atoms with van der Waals surface area (Å²) in [4.78, 5) is 12.4. The molecule has 0 radical (unpaired) electrons. The van der Waals surface area contributed by atoms with Gasteiger partial charge in [0.05, 0.1) is 18.6 Å². The van der Waals surface area contributed by atoms with Gasteiger partial charge in [0.15, 0.2) is 11.0 Å². The Bertz CT molecular complexity index is 1130. The first-order chi connectivity index (χ1) is 15.7. The summed E-state index contributed by atoms with van der Waals surface area (Å²) in [7, 11) is 1.62. The third-order valence-electron chi connectivity index (χ3n) is 5.21. The van der Waals surface area contributed by atoms with E-state index in [9.17, 15) is 4.79 Å². The Morgan fingerprint density at radius 1 is 1.15 bits per heavy atom. The number of hydrogen-bond donors (Lipinski definition) is 1. The number of nitrogens with zero attached hydrogens (tertiary/aromatic N) is 4. The minimum atomic E-state index is -0.205. The van der Waals surface area contributed by atoms with Crippen LogP contribution in [-0.2, 0) is 16.8 Å². The Morgan fingerprint density at radius 2 is 1.88 bits per heavy atom. The van der Waals surface area contributed by atoms with Gasteiger partial charge in [0.25, 0.3) is 5.91 Å². The smallest absolute Gasteiger partial charge is 0.250 e.